The molecule has 0 amide bonds. The normalized spacial score (nSPS) is 11.3. The van der Waals surface area contributed by atoms with Gasteiger partial charge < -0.3 is 5.73 Å². The summed E-state index contributed by atoms with van der Waals surface area (Å²) in [6.07, 6.45) is 1.90. The fourth-order valence-corrected chi connectivity index (χ4v) is 3.54. The molecule has 0 aliphatic carbocycles. The molecule has 0 spiro atoms. The Labute approximate surface area is 123 Å². The Hall–Kier alpha value is -1.50. The lowest BCUT2D eigenvalue weighted by Crippen LogP contribution is -2.14. The first-order valence-corrected chi connectivity index (χ1v) is 8.72. The molecule has 0 aliphatic heterocycles. The minimum absolute atomic E-state index is 0.219. The van der Waals surface area contributed by atoms with Crippen molar-refractivity contribution in [2.24, 2.45) is 5.73 Å². The van der Waals surface area contributed by atoms with E-state index in [4.69, 9.17) is 5.73 Å². The van der Waals surface area contributed by atoms with E-state index >= 15 is 0 Å². The average Bonchev–Trinajstić information content (AvgIpc) is 2.47. The molecular formula is C14H16N2O2S2. The molecule has 3 N–H and O–H groups in total. The summed E-state index contributed by atoms with van der Waals surface area (Å²) in [5.74, 6) is 0. The number of hydrogen-bond donors (Lipinski definition) is 2. The van der Waals surface area contributed by atoms with Gasteiger partial charge in [-0.2, -0.15) is 0 Å². The lowest BCUT2D eigenvalue weighted by atomic mass is 10.2. The van der Waals surface area contributed by atoms with E-state index in [1.54, 1.807) is 36.4 Å². The van der Waals surface area contributed by atoms with Crippen molar-refractivity contribution in [3.8, 4) is 0 Å². The van der Waals surface area contributed by atoms with Crippen molar-refractivity contribution < 1.29 is 8.42 Å². The maximum Gasteiger partial charge on any atom is 0.261 e. The van der Waals surface area contributed by atoms with E-state index < -0.39 is 10.0 Å². The van der Waals surface area contributed by atoms with Crippen molar-refractivity contribution in [2.75, 3.05) is 11.0 Å². The smallest absolute Gasteiger partial charge is 0.261 e. The molecule has 0 heterocycles. The second-order valence-electron chi connectivity index (χ2n) is 4.16. The van der Waals surface area contributed by atoms with E-state index in [0.717, 1.165) is 10.5 Å². The molecule has 0 aliphatic rings. The number of benzene rings is 2. The van der Waals surface area contributed by atoms with Crippen molar-refractivity contribution in [3.63, 3.8) is 0 Å². The molecule has 4 nitrogen and oxygen atoms in total. The lowest BCUT2D eigenvalue weighted by Gasteiger charge is -2.11. The van der Waals surface area contributed by atoms with E-state index in [2.05, 4.69) is 4.72 Å². The van der Waals surface area contributed by atoms with Crippen molar-refractivity contribution in [3.05, 3.63) is 54.1 Å². The summed E-state index contributed by atoms with van der Waals surface area (Å²) in [6, 6.07) is 13.9. The maximum atomic E-state index is 12.4. The summed E-state index contributed by atoms with van der Waals surface area (Å²) in [6.45, 7) is 0.310. The van der Waals surface area contributed by atoms with Gasteiger partial charge in [-0.3, -0.25) is 4.72 Å². The van der Waals surface area contributed by atoms with Crippen LogP contribution in [0.15, 0.2) is 58.3 Å². The fourth-order valence-electron chi connectivity index (χ4n) is 1.77. The van der Waals surface area contributed by atoms with Crippen LogP contribution in [0.25, 0.3) is 0 Å². The Kier molecular flexibility index (Phi) is 4.69. The molecule has 0 saturated heterocycles. The van der Waals surface area contributed by atoms with E-state index in [0.29, 0.717) is 12.2 Å². The van der Waals surface area contributed by atoms with E-state index in [1.807, 2.05) is 18.4 Å². The number of rotatable bonds is 5. The molecule has 0 saturated carbocycles. The van der Waals surface area contributed by atoms with Gasteiger partial charge in [-0.05, 0) is 36.1 Å². The van der Waals surface area contributed by atoms with Crippen LogP contribution in [-0.2, 0) is 16.6 Å². The van der Waals surface area contributed by atoms with Gasteiger partial charge in [-0.1, -0.05) is 24.3 Å². The number of nitrogens with one attached hydrogen (secondary N) is 1. The Bertz CT molecular complexity index is 700. The molecule has 0 radical (unpaired) electrons. The molecule has 0 unspecified atom stereocenters. The molecule has 2 aromatic carbocycles. The summed E-state index contributed by atoms with van der Waals surface area (Å²) < 4.78 is 27.4. The van der Waals surface area contributed by atoms with Crippen molar-refractivity contribution in [1.82, 2.24) is 0 Å². The Morgan fingerprint density at radius 1 is 1.15 bits per heavy atom. The molecule has 6 heteroatoms. The highest BCUT2D eigenvalue weighted by molar-refractivity contribution is 7.99. The summed E-state index contributed by atoms with van der Waals surface area (Å²) >= 11 is 1.49. The Morgan fingerprint density at radius 3 is 2.60 bits per heavy atom. The molecular weight excluding hydrogens is 292 g/mol. The highest BCUT2D eigenvalue weighted by atomic mass is 32.2. The van der Waals surface area contributed by atoms with Gasteiger partial charge in [-0.15, -0.1) is 11.8 Å². The minimum atomic E-state index is -3.60. The number of para-hydroxylation sites is 1. The molecule has 106 valence electrons. The first-order valence-electron chi connectivity index (χ1n) is 6.01. The van der Waals surface area contributed by atoms with Crippen LogP contribution >= 0.6 is 11.8 Å². The first-order chi connectivity index (χ1) is 9.56. The van der Waals surface area contributed by atoms with Gasteiger partial charge in [0.15, 0.2) is 0 Å². The largest absolute Gasteiger partial charge is 0.326 e. The Balaban J connectivity index is 2.35. The van der Waals surface area contributed by atoms with Crippen LogP contribution in [0.1, 0.15) is 5.56 Å². The number of thioether (sulfide) groups is 1. The lowest BCUT2D eigenvalue weighted by molar-refractivity contribution is 0.601. The highest BCUT2D eigenvalue weighted by Gasteiger charge is 2.15. The molecule has 0 aromatic heterocycles. The number of anilines is 1. The van der Waals surface area contributed by atoms with Gasteiger partial charge in [0.1, 0.15) is 0 Å². The molecule has 2 aromatic rings. The van der Waals surface area contributed by atoms with Gasteiger partial charge in [0.2, 0.25) is 0 Å². The maximum absolute atomic E-state index is 12.4. The molecule has 0 fully saturated rings. The van der Waals surface area contributed by atoms with Crippen LogP contribution in [0.5, 0.6) is 0 Å². The number of hydrogen-bond acceptors (Lipinski definition) is 4. The van der Waals surface area contributed by atoms with Gasteiger partial charge in [0.05, 0.1) is 10.6 Å². The summed E-state index contributed by atoms with van der Waals surface area (Å²) in [4.78, 5) is 1.10. The first kappa shape index (κ1) is 14.9. The molecule has 20 heavy (non-hydrogen) atoms. The van der Waals surface area contributed by atoms with Gasteiger partial charge in [-0.25, -0.2) is 8.42 Å². The monoisotopic (exact) mass is 308 g/mol. The highest BCUT2D eigenvalue weighted by Crippen LogP contribution is 2.27. The number of sulfonamides is 1. The number of nitrogens with two attached hydrogens (primary N) is 1. The predicted molar refractivity (Wildman–Crippen MR) is 83.4 cm³/mol. The quantitative estimate of drug-likeness (QED) is 0.833. The second-order valence-corrected chi connectivity index (χ2v) is 6.69. The van der Waals surface area contributed by atoms with Gasteiger partial charge in [0.25, 0.3) is 10.0 Å². The van der Waals surface area contributed by atoms with Crippen molar-refractivity contribution in [2.45, 2.75) is 16.3 Å². The molecule has 0 bridgehead atoms. The summed E-state index contributed by atoms with van der Waals surface area (Å²) in [5.41, 5.74) is 6.91. The van der Waals surface area contributed by atoms with E-state index in [-0.39, 0.29) is 4.90 Å². The zero-order chi connectivity index (χ0) is 14.6. The zero-order valence-corrected chi connectivity index (χ0v) is 12.7. The van der Waals surface area contributed by atoms with Crippen LogP contribution in [0, 0.1) is 0 Å². The van der Waals surface area contributed by atoms with Crippen molar-refractivity contribution in [1.29, 1.82) is 0 Å². The van der Waals surface area contributed by atoms with Crippen LogP contribution in [0.4, 0.5) is 5.69 Å². The third-order valence-electron chi connectivity index (χ3n) is 2.80. The third-order valence-corrected chi connectivity index (χ3v) is 4.95. The SMILES string of the molecule is CSc1ccccc1NS(=O)(=O)c1cccc(CN)c1. The summed E-state index contributed by atoms with van der Waals surface area (Å²) in [7, 11) is -3.60. The van der Waals surface area contributed by atoms with Crippen molar-refractivity contribution >= 4 is 27.5 Å². The second kappa shape index (κ2) is 6.30. The Morgan fingerprint density at radius 2 is 1.90 bits per heavy atom. The molecule has 0 atom stereocenters. The van der Waals surface area contributed by atoms with Crippen LogP contribution in [0.2, 0.25) is 0 Å². The molecule has 2 rings (SSSR count). The van der Waals surface area contributed by atoms with E-state index in [9.17, 15) is 8.42 Å². The third kappa shape index (κ3) is 3.33. The zero-order valence-electron chi connectivity index (χ0n) is 11.0. The predicted octanol–water partition coefficient (Wildman–Crippen LogP) is 2.67. The van der Waals surface area contributed by atoms with Crippen LogP contribution in [-0.4, -0.2) is 14.7 Å². The van der Waals surface area contributed by atoms with Crippen LogP contribution in [0.3, 0.4) is 0 Å². The van der Waals surface area contributed by atoms with Gasteiger partial charge >= 0.3 is 0 Å². The minimum Gasteiger partial charge on any atom is -0.326 e. The fraction of sp³-hybridized carbons (Fsp3) is 0.143. The van der Waals surface area contributed by atoms with Gasteiger partial charge in [0, 0.05) is 11.4 Å². The summed E-state index contributed by atoms with van der Waals surface area (Å²) in [5, 5.41) is 0. The van der Waals surface area contributed by atoms with Crippen LogP contribution < -0.4 is 10.5 Å². The average molecular weight is 308 g/mol. The van der Waals surface area contributed by atoms with E-state index in [1.165, 1.54) is 11.8 Å². The standard InChI is InChI=1S/C14H16N2O2S2/c1-19-14-8-3-2-7-13(14)16-20(17,18)12-6-4-5-11(9-12)10-15/h2-9,16H,10,15H2,1H3. The topological polar surface area (TPSA) is 72.2 Å².